The maximum atomic E-state index is 13.2. The molecule has 1 aromatic carbocycles. The third kappa shape index (κ3) is 4.40. The number of carbonyl (C=O) groups is 1. The molecule has 0 unspecified atom stereocenters. The van der Waals surface area contributed by atoms with Gasteiger partial charge < -0.3 is 18.9 Å². The summed E-state index contributed by atoms with van der Waals surface area (Å²) in [6.45, 7) is 4.91. The Kier molecular flexibility index (Phi) is 6.47. The Labute approximate surface area is 175 Å². The summed E-state index contributed by atoms with van der Waals surface area (Å²) >= 11 is 6.25. The summed E-state index contributed by atoms with van der Waals surface area (Å²) in [5.41, 5.74) is 0.743. The lowest BCUT2D eigenvalue weighted by atomic mass is 9.81. The third-order valence-electron chi connectivity index (χ3n) is 5.78. The quantitative estimate of drug-likeness (QED) is 0.693. The Balaban J connectivity index is 1.88. The van der Waals surface area contributed by atoms with Gasteiger partial charge in [-0.25, -0.2) is 4.98 Å². The van der Waals surface area contributed by atoms with Crippen LogP contribution in [0.5, 0.6) is 5.75 Å². The minimum absolute atomic E-state index is 0.0198. The van der Waals surface area contributed by atoms with Gasteiger partial charge in [0.25, 0.3) is 5.56 Å². The molecule has 0 N–H and O–H groups in total. The van der Waals surface area contributed by atoms with Crippen LogP contribution in [0.4, 0.5) is 5.82 Å². The maximum absolute atomic E-state index is 13.2. The van der Waals surface area contributed by atoms with Gasteiger partial charge in [0.2, 0.25) is 0 Å². The average molecular weight is 420 g/mol. The van der Waals surface area contributed by atoms with E-state index in [4.69, 9.17) is 21.1 Å². The molecule has 2 heterocycles. The van der Waals surface area contributed by atoms with Crippen molar-refractivity contribution in [2.24, 2.45) is 11.8 Å². The standard InChI is InChI=1S/C21H26ClN3O4/c1-13-14(2)25(10-9-17(13)21(27)29-4)19-20(26)24(12-18(22)23-19)11-15-5-7-16(28-3)8-6-15/h5-8,12-14,17H,9-11H2,1-4H3/t13-,14+,17+/m0/s1. The van der Waals surface area contributed by atoms with Crippen molar-refractivity contribution in [3.63, 3.8) is 0 Å². The molecule has 29 heavy (non-hydrogen) atoms. The van der Waals surface area contributed by atoms with Crippen LogP contribution in [0.25, 0.3) is 0 Å². The molecule has 1 aliphatic rings. The van der Waals surface area contributed by atoms with E-state index in [0.717, 1.165) is 11.3 Å². The molecule has 2 aromatic rings. The Morgan fingerprint density at radius 1 is 1.24 bits per heavy atom. The number of benzene rings is 1. The smallest absolute Gasteiger partial charge is 0.309 e. The molecule has 7 nitrogen and oxygen atoms in total. The van der Waals surface area contributed by atoms with Crippen LogP contribution in [-0.2, 0) is 16.1 Å². The molecule has 1 aromatic heterocycles. The zero-order valence-corrected chi connectivity index (χ0v) is 17.8. The number of rotatable bonds is 5. The van der Waals surface area contributed by atoms with Gasteiger partial charge in [0.1, 0.15) is 10.9 Å². The fourth-order valence-corrected chi connectivity index (χ4v) is 4.07. The summed E-state index contributed by atoms with van der Waals surface area (Å²) in [5.74, 6) is 0.692. The molecule has 0 saturated carbocycles. The maximum Gasteiger partial charge on any atom is 0.309 e. The second-order valence-corrected chi connectivity index (χ2v) is 7.77. The molecule has 156 valence electrons. The van der Waals surface area contributed by atoms with E-state index in [9.17, 15) is 9.59 Å². The lowest BCUT2D eigenvalue weighted by Gasteiger charge is -2.41. The highest BCUT2D eigenvalue weighted by molar-refractivity contribution is 6.29. The number of nitrogens with zero attached hydrogens (tertiary/aromatic N) is 3. The first-order valence-corrected chi connectivity index (χ1v) is 9.98. The monoisotopic (exact) mass is 419 g/mol. The predicted octanol–water partition coefficient (Wildman–Crippen LogP) is 2.98. The largest absolute Gasteiger partial charge is 0.497 e. The molecule has 3 atom stereocenters. The topological polar surface area (TPSA) is 73.7 Å². The summed E-state index contributed by atoms with van der Waals surface area (Å²) in [6, 6.07) is 7.47. The molecule has 1 saturated heterocycles. The first kappa shape index (κ1) is 21.2. The molecule has 0 amide bonds. The van der Waals surface area contributed by atoms with Crippen LogP contribution in [0.2, 0.25) is 5.15 Å². The number of carbonyl (C=O) groups excluding carboxylic acids is 1. The fourth-order valence-electron chi connectivity index (χ4n) is 3.87. The molecule has 1 aliphatic heterocycles. The lowest BCUT2D eigenvalue weighted by molar-refractivity contribution is -0.148. The zero-order valence-electron chi connectivity index (χ0n) is 17.1. The number of ether oxygens (including phenoxy) is 2. The van der Waals surface area contributed by atoms with Gasteiger partial charge in [0.05, 0.1) is 26.7 Å². The van der Waals surface area contributed by atoms with Crippen molar-refractivity contribution in [2.75, 3.05) is 25.7 Å². The highest BCUT2D eigenvalue weighted by atomic mass is 35.5. The van der Waals surface area contributed by atoms with Crippen LogP contribution in [0.15, 0.2) is 35.3 Å². The minimum Gasteiger partial charge on any atom is -0.497 e. The van der Waals surface area contributed by atoms with E-state index in [1.165, 1.54) is 7.11 Å². The fraction of sp³-hybridized carbons (Fsp3) is 0.476. The average Bonchev–Trinajstić information content (AvgIpc) is 2.72. The van der Waals surface area contributed by atoms with Gasteiger partial charge in [0, 0.05) is 18.8 Å². The van der Waals surface area contributed by atoms with Crippen LogP contribution >= 0.6 is 11.6 Å². The SMILES string of the molecule is COC(=O)[C@@H]1CCN(c2nc(Cl)cn(Cc3ccc(OC)cc3)c2=O)[C@H](C)[C@@H]1C. The van der Waals surface area contributed by atoms with E-state index in [0.29, 0.717) is 25.3 Å². The van der Waals surface area contributed by atoms with E-state index < -0.39 is 0 Å². The van der Waals surface area contributed by atoms with Gasteiger partial charge in [-0.15, -0.1) is 0 Å². The van der Waals surface area contributed by atoms with Crippen LogP contribution in [0.1, 0.15) is 25.8 Å². The second-order valence-electron chi connectivity index (χ2n) is 7.38. The van der Waals surface area contributed by atoms with Crippen molar-refractivity contribution in [3.05, 3.63) is 51.5 Å². The molecular formula is C21H26ClN3O4. The van der Waals surface area contributed by atoms with E-state index >= 15 is 0 Å². The van der Waals surface area contributed by atoms with Gasteiger partial charge in [-0.1, -0.05) is 30.7 Å². The van der Waals surface area contributed by atoms with Gasteiger partial charge >= 0.3 is 5.97 Å². The summed E-state index contributed by atoms with van der Waals surface area (Å²) in [4.78, 5) is 31.5. The van der Waals surface area contributed by atoms with Gasteiger partial charge in [-0.05, 0) is 37.0 Å². The number of anilines is 1. The lowest BCUT2D eigenvalue weighted by Crippen LogP contribution is -2.51. The van der Waals surface area contributed by atoms with Crippen LogP contribution in [0.3, 0.4) is 0 Å². The molecular weight excluding hydrogens is 394 g/mol. The Bertz CT molecular complexity index is 929. The van der Waals surface area contributed by atoms with E-state index in [1.807, 2.05) is 43.0 Å². The third-order valence-corrected chi connectivity index (χ3v) is 5.97. The van der Waals surface area contributed by atoms with Crippen molar-refractivity contribution in [2.45, 2.75) is 32.9 Å². The summed E-state index contributed by atoms with van der Waals surface area (Å²) in [6.07, 6.45) is 2.15. The highest BCUT2D eigenvalue weighted by Crippen LogP contribution is 2.31. The van der Waals surface area contributed by atoms with Crippen LogP contribution < -0.4 is 15.2 Å². The van der Waals surface area contributed by atoms with E-state index in [2.05, 4.69) is 4.98 Å². The van der Waals surface area contributed by atoms with Crippen molar-refractivity contribution in [3.8, 4) is 5.75 Å². The molecule has 0 aliphatic carbocycles. The summed E-state index contributed by atoms with van der Waals surface area (Å²) in [7, 11) is 3.02. The van der Waals surface area contributed by atoms with Gasteiger partial charge in [0.15, 0.2) is 5.82 Å². The molecule has 0 radical (unpaired) electrons. The predicted molar refractivity (Wildman–Crippen MR) is 112 cm³/mol. The minimum atomic E-state index is -0.208. The van der Waals surface area contributed by atoms with Crippen molar-refractivity contribution < 1.29 is 14.3 Å². The Morgan fingerprint density at radius 2 is 1.93 bits per heavy atom. The Morgan fingerprint density at radius 3 is 2.55 bits per heavy atom. The molecule has 0 spiro atoms. The zero-order chi connectivity index (χ0) is 21.1. The number of aromatic nitrogens is 2. The normalized spacial score (nSPS) is 21.7. The van der Waals surface area contributed by atoms with E-state index in [-0.39, 0.29) is 34.6 Å². The summed E-state index contributed by atoms with van der Waals surface area (Å²) < 4.78 is 11.7. The number of esters is 1. The number of methoxy groups -OCH3 is 2. The molecule has 3 rings (SSSR count). The number of halogens is 1. The van der Waals surface area contributed by atoms with Crippen molar-refractivity contribution in [1.29, 1.82) is 0 Å². The second kappa shape index (κ2) is 8.86. The van der Waals surface area contributed by atoms with Crippen LogP contribution in [-0.4, -0.2) is 42.3 Å². The molecule has 8 heteroatoms. The van der Waals surface area contributed by atoms with Crippen LogP contribution in [0, 0.1) is 11.8 Å². The molecule has 1 fully saturated rings. The number of piperidine rings is 1. The first-order chi connectivity index (χ1) is 13.8. The number of hydrogen-bond acceptors (Lipinski definition) is 6. The highest BCUT2D eigenvalue weighted by Gasteiger charge is 2.38. The van der Waals surface area contributed by atoms with Crippen molar-refractivity contribution in [1.82, 2.24) is 9.55 Å². The van der Waals surface area contributed by atoms with Crippen molar-refractivity contribution >= 4 is 23.4 Å². The summed E-state index contributed by atoms with van der Waals surface area (Å²) in [5, 5.41) is 0.253. The Hall–Kier alpha value is -2.54. The molecule has 0 bridgehead atoms. The van der Waals surface area contributed by atoms with Gasteiger partial charge in [-0.3, -0.25) is 9.59 Å². The number of hydrogen-bond donors (Lipinski definition) is 0. The first-order valence-electron chi connectivity index (χ1n) is 9.60. The van der Waals surface area contributed by atoms with E-state index in [1.54, 1.807) is 17.9 Å². The van der Waals surface area contributed by atoms with Gasteiger partial charge in [-0.2, -0.15) is 0 Å².